The van der Waals surface area contributed by atoms with E-state index in [1.807, 2.05) is 6.07 Å². The van der Waals surface area contributed by atoms with E-state index in [1.54, 1.807) is 30.5 Å². The molecule has 49 heavy (non-hydrogen) atoms. The first kappa shape index (κ1) is 35.5. The van der Waals surface area contributed by atoms with Crippen LogP contribution < -0.4 is 25.0 Å². The van der Waals surface area contributed by atoms with E-state index in [0.29, 0.717) is 55.5 Å². The Balaban J connectivity index is 1.20. The molecule has 15 heteroatoms. The number of likely N-dealkylation sites (tertiary alicyclic amines) is 1. The van der Waals surface area contributed by atoms with Crippen LogP contribution in [0.5, 0.6) is 11.6 Å². The van der Waals surface area contributed by atoms with E-state index >= 15 is 0 Å². The van der Waals surface area contributed by atoms with Gasteiger partial charge >= 0.3 is 6.03 Å². The number of pyridine rings is 1. The molecule has 2 heterocycles. The van der Waals surface area contributed by atoms with Crippen molar-refractivity contribution in [3.8, 4) is 11.6 Å². The molecule has 0 unspecified atom stereocenters. The number of carbonyl (C=O) groups excluding carboxylic acids is 2. The van der Waals surface area contributed by atoms with Crippen molar-refractivity contribution in [2.24, 2.45) is 0 Å². The van der Waals surface area contributed by atoms with Gasteiger partial charge in [-0.15, -0.1) is 0 Å². The van der Waals surface area contributed by atoms with E-state index in [1.165, 1.54) is 55.1 Å². The monoisotopic (exact) mass is 712 g/mol. The molecule has 4 aromatic rings. The molecule has 11 nitrogen and oxygen atoms in total. The van der Waals surface area contributed by atoms with Crippen molar-refractivity contribution in [1.82, 2.24) is 9.88 Å². The van der Waals surface area contributed by atoms with Gasteiger partial charge in [0.05, 0.1) is 22.2 Å². The van der Waals surface area contributed by atoms with Crippen LogP contribution in [0.4, 0.5) is 36.3 Å². The number of halogens is 3. The Morgan fingerprint density at radius 3 is 2.41 bits per heavy atom. The number of benzene rings is 3. The highest BCUT2D eigenvalue weighted by molar-refractivity contribution is 7.92. The molecule has 1 aliphatic heterocycles. The van der Waals surface area contributed by atoms with E-state index < -0.39 is 33.6 Å². The van der Waals surface area contributed by atoms with Crippen LogP contribution >= 0.6 is 11.6 Å². The number of hydrogen-bond acceptors (Lipinski definition) is 7. The Kier molecular flexibility index (Phi) is 11.3. The first-order chi connectivity index (χ1) is 23.4. The molecule has 0 aliphatic carbocycles. The van der Waals surface area contributed by atoms with Gasteiger partial charge in [-0.3, -0.25) is 19.3 Å². The lowest BCUT2D eigenvalue weighted by Crippen LogP contribution is -2.49. The zero-order valence-corrected chi connectivity index (χ0v) is 28.3. The van der Waals surface area contributed by atoms with Crippen molar-refractivity contribution in [3.63, 3.8) is 0 Å². The summed E-state index contributed by atoms with van der Waals surface area (Å²) in [6.45, 7) is 4.69. The number of nitrogens with zero attached hydrogens (tertiary/aromatic N) is 3. The number of rotatable bonds is 11. The van der Waals surface area contributed by atoms with E-state index in [0.717, 1.165) is 11.6 Å². The Bertz CT molecular complexity index is 1920. The van der Waals surface area contributed by atoms with Gasteiger partial charge < -0.3 is 15.4 Å². The number of ether oxygens (including phenoxy) is 1. The molecule has 1 aromatic heterocycles. The number of anilines is 4. The first-order valence-electron chi connectivity index (χ1n) is 15.5. The number of aromatic nitrogens is 1. The number of carbonyl (C=O) groups is 2. The molecule has 3 aromatic carbocycles. The molecule has 258 valence electrons. The fourth-order valence-corrected chi connectivity index (χ4v) is 6.21. The van der Waals surface area contributed by atoms with Crippen molar-refractivity contribution < 1.29 is 31.5 Å². The number of hydrogen-bond donors (Lipinski definition) is 3. The van der Waals surface area contributed by atoms with Crippen molar-refractivity contribution in [1.29, 1.82) is 0 Å². The van der Waals surface area contributed by atoms with Gasteiger partial charge in [0, 0.05) is 56.2 Å². The first-order valence-corrected chi connectivity index (χ1v) is 17.5. The summed E-state index contributed by atoms with van der Waals surface area (Å²) in [6, 6.07) is 17.1. The predicted molar refractivity (Wildman–Crippen MR) is 186 cm³/mol. The minimum absolute atomic E-state index is 0.0653. The van der Waals surface area contributed by atoms with Crippen LogP contribution in [-0.2, 0) is 21.4 Å². The van der Waals surface area contributed by atoms with Crippen LogP contribution in [0.2, 0.25) is 5.02 Å². The van der Waals surface area contributed by atoms with Crippen LogP contribution in [0.3, 0.4) is 0 Å². The fraction of sp³-hybridized carbons (Fsp3) is 0.265. The Labute approximate surface area is 288 Å². The number of urea groups is 1. The highest BCUT2D eigenvalue weighted by Crippen LogP contribution is 2.32. The highest BCUT2D eigenvalue weighted by Gasteiger charge is 2.30. The molecule has 0 bridgehead atoms. The van der Waals surface area contributed by atoms with E-state index in [9.17, 15) is 26.8 Å². The zero-order chi connectivity index (χ0) is 35.1. The molecule has 0 radical (unpaired) electrons. The summed E-state index contributed by atoms with van der Waals surface area (Å²) in [6.07, 6.45) is 2.90. The zero-order valence-electron chi connectivity index (χ0n) is 26.8. The maximum absolute atomic E-state index is 14.3. The highest BCUT2D eigenvalue weighted by atomic mass is 35.5. The second-order valence-electron chi connectivity index (χ2n) is 11.4. The third-order valence-corrected chi connectivity index (χ3v) is 9.36. The van der Waals surface area contributed by atoms with Crippen LogP contribution in [0.15, 0.2) is 79.0 Å². The van der Waals surface area contributed by atoms with Crippen molar-refractivity contribution in [3.05, 3.63) is 101 Å². The second kappa shape index (κ2) is 15.6. The van der Waals surface area contributed by atoms with E-state index in [4.69, 9.17) is 16.3 Å². The summed E-state index contributed by atoms with van der Waals surface area (Å²) in [5.74, 6) is -1.01. The smallest absolute Gasteiger partial charge is 0.326 e. The van der Waals surface area contributed by atoms with Gasteiger partial charge in [0.15, 0.2) is 0 Å². The quantitative estimate of drug-likeness (QED) is 0.150. The van der Waals surface area contributed by atoms with Gasteiger partial charge in [0.1, 0.15) is 17.4 Å². The molecule has 3 N–H and O–H groups in total. The molecule has 1 fully saturated rings. The number of nitrogens with one attached hydrogen (secondary N) is 3. The standard InChI is InChI=1S/C34H35ClF2N6O5S/c1-3-49(46,47)41-26-9-11-32(29(35)18-26)48-33-12-7-23(20-38-33)21-42-15-13-27(14-16-42)43(28-6-4-5-24(36)17-28)34(45)40-25-8-10-30(37)31(19-25)39-22(2)44/h4-12,17-20,27,41H,3,13-16,21H2,1-2H3,(H,39,44)(H,40,45). The van der Waals surface area contributed by atoms with Gasteiger partial charge in [0.2, 0.25) is 21.8 Å². The second-order valence-corrected chi connectivity index (χ2v) is 13.8. The molecular formula is C34H35ClF2N6O5S. The summed E-state index contributed by atoms with van der Waals surface area (Å²) < 4.78 is 60.4. The Morgan fingerprint density at radius 2 is 1.76 bits per heavy atom. The lowest BCUT2D eigenvalue weighted by molar-refractivity contribution is -0.114. The van der Waals surface area contributed by atoms with E-state index in [-0.39, 0.29) is 28.2 Å². The summed E-state index contributed by atoms with van der Waals surface area (Å²) in [5.41, 5.74) is 1.86. The van der Waals surface area contributed by atoms with Crippen LogP contribution in [0.1, 0.15) is 32.3 Å². The minimum Gasteiger partial charge on any atom is -0.437 e. The Hall–Kier alpha value is -4.79. The maximum atomic E-state index is 14.3. The molecule has 1 aliphatic rings. The summed E-state index contributed by atoms with van der Waals surface area (Å²) in [5, 5.41) is 5.39. The normalized spacial score (nSPS) is 13.8. The third kappa shape index (κ3) is 9.65. The number of piperidine rings is 1. The van der Waals surface area contributed by atoms with Crippen molar-refractivity contribution in [2.75, 3.05) is 39.1 Å². The van der Waals surface area contributed by atoms with Crippen molar-refractivity contribution >= 4 is 56.3 Å². The molecule has 1 saturated heterocycles. The molecule has 0 atom stereocenters. The summed E-state index contributed by atoms with van der Waals surface area (Å²) in [7, 11) is -3.44. The molecule has 5 rings (SSSR count). The molecule has 0 spiro atoms. The van der Waals surface area contributed by atoms with Gasteiger partial charge in [0.25, 0.3) is 0 Å². The number of sulfonamides is 1. The van der Waals surface area contributed by atoms with Crippen molar-refractivity contribution in [2.45, 2.75) is 39.3 Å². The maximum Gasteiger partial charge on any atom is 0.326 e. The van der Waals surface area contributed by atoms with Gasteiger partial charge in [-0.2, -0.15) is 0 Å². The average molecular weight is 713 g/mol. The average Bonchev–Trinajstić information content (AvgIpc) is 3.05. The molecule has 3 amide bonds. The van der Waals surface area contributed by atoms with Gasteiger partial charge in [-0.1, -0.05) is 23.7 Å². The molecule has 0 saturated carbocycles. The van der Waals surface area contributed by atoms with Gasteiger partial charge in [-0.05, 0) is 79.9 Å². The lowest BCUT2D eigenvalue weighted by atomic mass is 10.0. The minimum atomic E-state index is -3.44. The molecular weight excluding hydrogens is 678 g/mol. The van der Waals surface area contributed by atoms with Gasteiger partial charge in [-0.25, -0.2) is 27.0 Å². The number of amides is 3. The largest absolute Gasteiger partial charge is 0.437 e. The summed E-state index contributed by atoms with van der Waals surface area (Å²) in [4.78, 5) is 33.2. The third-order valence-electron chi connectivity index (χ3n) is 7.76. The van der Waals surface area contributed by atoms with Crippen LogP contribution in [-0.4, -0.2) is 55.1 Å². The van der Waals surface area contributed by atoms with Crippen LogP contribution in [0.25, 0.3) is 0 Å². The fourth-order valence-electron chi connectivity index (χ4n) is 5.36. The van der Waals surface area contributed by atoms with E-state index in [2.05, 4.69) is 25.2 Å². The predicted octanol–water partition coefficient (Wildman–Crippen LogP) is 7.23. The summed E-state index contributed by atoms with van der Waals surface area (Å²) >= 11 is 6.31. The Morgan fingerprint density at radius 1 is 1.00 bits per heavy atom. The van der Waals surface area contributed by atoms with Crippen LogP contribution in [0, 0.1) is 11.6 Å². The lowest BCUT2D eigenvalue weighted by Gasteiger charge is -2.38. The topological polar surface area (TPSA) is 133 Å². The SMILES string of the molecule is CCS(=O)(=O)Nc1ccc(Oc2ccc(CN3CCC(N(C(=O)Nc4ccc(F)c(NC(C)=O)c4)c4cccc(F)c4)CC3)cn2)c(Cl)c1.